The number of esters is 2. The van der Waals surface area contributed by atoms with Crippen LogP contribution in [0.15, 0.2) is 0 Å². The van der Waals surface area contributed by atoms with Gasteiger partial charge in [0.15, 0.2) is 18.7 Å². The molecule has 0 bridgehead atoms. The minimum atomic E-state index is -1.75. The molecule has 0 aromatic heterocycles. The molecule has 0 radical (unpaired) electrons. The topological polar surface area (TPSA) is 231 Å². The molecule has 2 fully saturated rings. The first-order valence-electron chi connectivity index (χ1n) is 23.1. The summed E-state index contributed by atoms with van der Waals surface area (Å²) in [6, 6.07) is 0. The molecule has 2 heterocycles. The van der Waals surface area contributed by atoms with Gasteiger partial charge in [-0.3, -0.25) is 9.59 Å². The summed E-state index contributed by atoms with van der Waals surface area (Å²) in [5, 5.41) is 71.1. The summed E-state index contributed by atoms with van der Waals surface area (Å²) in [5.41, 5.74) is 0. The maximum absolute atomic E-state index is 12.7. The first-order chi connectivity index (χ1) is 28.5. The second-order valence-corrected chi connectivity index (χ2v) is 16.7. The molecule has 0 amide bonds. The van der Waals surface area contributed by atoms with Crippen molar-refractivity contribution >= 4 is 11.9 Å². The zero-order valence-electron chi connectivity index (χ0n) is 36.3. The third-order valence-electron chi connectivity index (χ3n) is 11.4. The Morgan fingerprint density at radius 3 is 1.32 bits per heavy atom. The fourth-order valence-corrected chi connectivity index (χ4v) is 7.59. The molecule has 15 heteroatoms. The molecule has 59 heavy (non-hydrogen) atoms. The summed E-state index contributed by atoms with van der Waals surface area (Å²) in [4.78, 5) is 24.2. The Morgan fingerprint density at radius 1 is 0.508 bits per heavy atom. The van der Waals surface area contributed by atoms with Crippen LogP contribution in [0.25, 0.3) is 0 Å². The summed E-state index contributed by atoms with van der Waals surface area (Å²) in [5.74, 6) is -1.11. The van der Waals surface area contributed by atoms with Gasteiger partial charge in [0.2, 0.25) is 0 Å². The van der Waals surface area contributed by atoms with E-state index in [1.165, 1.54) is 135 Å². The monoisotopic (exact) mass is 851 g/mol. The van der Waals surface area contributed by atoms with E-state index in [0.717, 1.165) is 19.3 Å². The van der Waals surface area contributed by atoms with E-state index in [0.29, 0.717) is 6.42 Å². The molecule has 7 N–H and O–H groups in total. The van der Waals surface area contributed by atoms with Crippen LogP contribution in [0, 0.1) is 0 Å². The summed E-state index contributed by atoms with van der Waals surface area (Å²) in [7, 11) is 0. The summed E-state index contributed by atoms with van der Waals surface area (Å²) >= 11 is 0. The Kier molecular flexibility index (Phi) is 30.1. The van der Waals surface area contributed by atoms with Crippen LogP contribution >= 0.6 is 0 Å². The molecule has 11 atom stereocenters. The van der Waals surface area contributed by atoms with Crippen LogP contribution < -0.4 is 0 Å². The molecule has 0 aliphatic carbocycles. The number of carbonyl (C=O) groups is 2. The summed E-state index contributed by atoms with van der Waals surface area (Å²) in [6.07, 6.45) is 14.3. The quantitative estimate of drug-likeness (QED) is 0.0333. The predicted molar refractivity (Wildman–Crippen MR) is 220 cm³/mol. The van der Waals surface area contributed by atoms with Crippen LogP contribution in [0.3, 0.4) is 0 Å². The standard InChI is InChI=1S/C44H82O15/c1-3-4-5-6-7-8-9-10-11-12-13-14-15-16-17-18-19-20-21-22-23-24-25-26-27-36(47)57-33(29-54-32(2)46)30-55-43-42(53)40(51)38(49)35(59-43)31-56-44-41(52)39(50)37(48)34(28-45)58-44/h33-35,37-45,48-53H,3-31H2,1-2H3. The van der Waals surface area contributed by atoms with Crippen molar-refractivity contribution < 1.29 is 73.8 Å². The largest absolute Gasteiger partial charge is 0.462 e. The first-order valence-corrected chi connectivity index (χ1v) is 23.1. The van der Waals surface area contributed by atoms with E-state index >= 15 is 0 Å². The van der Waals surface area contributed by atoms with Crippen LogP contribution in [-0.4, -0.2) is 142 Å². The first kappa shape index (κ1) is 53.6. The van der Waals surface area contributed by atoms with Gasteiger partial charge in [0.05, 0.1) is 19.8 Å². The Bertz CT molecular complexity index is 1050. The lowest BCUT2D eigenvalue weighted by Gasteiger charge is -2.42. The molecule has 2 rings (SSSR count). The number of aliphatic hydroxyl groups excluding tert-OH is 7. The molecule has 15 nitrogen and oxygen atoms in total. The van der Waals surface area contributed by atoms with Gasteiger partial charge in [-0.2, -0.15) is 0 Å². The van der Waals surface area contributed by atoms with Crippen molar-refractivity contribution in [1.29, 1.82) is 0 Å². The van der Waals surface area contributed by atoms with Crippen LogP contribution in [0.4, 0.5) is 0 Å². The van der Waals surface area contributed by atoms with Crippen molar-refractivity contribution in [2.75, 3.05) is 26.4 Å². The van der Waals surface area contributed by atoms with Crippen molar-refractivity contribution in [1.82, 2.24) is 0 Å². The molecular formula is C44H82O15. The average molecular weight is 851 g/mol. The normalized spacial score (nSPS) is 27.7. The van der Waals surface area contributed by atoms with E-state index in [2.05, 4.69) is 6.92 Å². The molecule has 2 aliphatic heterocycles. The molecule has 11 unspecified atom stereocenters. The minimum absolute atomic E-state index is 0.167. The molecule has 0 aromatic rings. The highest BCUT2D eigenvalue weighted by Gasteiger charge is 2.47. The van der Waals surface area contributed by atoms with E-state index < -0.39 is 92.7 Å². The molecular weight excluding hydrogens is 768 g/mol. The third kappa shape index (κ3) is 23.0. The lowest BCUT2D eigenvalue weighted by molar-refractivity contribution is -0.332. The van der Waals surface area contributed by atoms with Crippen molar-refractivity contribution in [3.05, 3.63) is 0 Å². The number of unbranched alkanes of at least 4 members (excludes halogenated alkanes) is 23. The summed E-state index contributed by atoms with van der Waals surface area (Å²) < 4.78 is 32.5. The van der Waals surface area contributed by atoms with Gasteiger partial charge >= 0.3 is 11.9 Å². The second-order valence-electron chi connectivity index (χ2n) is 16.7. The highest BCUT2D eigenvalue weighted by molar-refractivity contribution is 5.69. The van der Waals surface area contributed by atoms with Gasteiger partial charge in [0.25, 0.3) is 0 Å². The molecule has 348 valence electrons. The number of ether oxygens (including phenoxy) is 6. The Morgan fingerprint density at radius 2 is 0.898 bits per heavy atom. The van der Waals surface area contributed by atoms with E-state index in [9.17, 15) is 45.3 Å². The molecule has 0 aromatic carbocycles. The van der Waals surface area contributed by atoms with Crippen LogP contribution in [0.1, 0.15) is 174 Å². The van der Waals surface area contributed by atoms with Gasteiger partial charge in [-0.05, 0) is 6.42 Å². The maximum atomic E-state index is 12.7. The number of hydrogen-bond acceptors (Lipinski definition) is 15. The van der Waals surface area contributed by atoms with Crippen molar-refractivity contribution in [2.24, 2.45) is 0 Å². The van der Waals surface area contributed by atoms with Crippen molar-refractivity contribution in [2.45, 2.75) is 242 Å². The Labute approximate surface area is 353 Å². The van der Waals surface area contributed by atoms with Crippen molar-refractivity contribution in [3.63, 3.8) is 0 Å². The minimum Gasteiger partial charge on any atom is -0.462 e. The molecule has 2 saturated heterocycles. The zero-order valence-corrected chi connectivity index (χ0v) is 36.3. The maximum Gasteiger partial charge on any atom is 0.306 e. The van der Waals surface area contributed by atoms with E-state index in [4.69, 9.17) is 28.4 Å². The number of rotatable bonds is 35. The van der Waals surface area contributed by atoms with Gasteiger partial charge in [0.1, 0.15) is 55.4 Å². The highest BCUT2D eigenvalue weighted by atomic mass is 16.7. The number of carbonyl (C=O) groups excluding carboxylic acids is 2. The van der Waals surface area contributed by atoms with Gasteiger partial charge in [-0.15, -0.1) is 0 Å². The van der Waals surface area contributed by atoms with E-state index in [1.54, 1.807) is 0 Å². The molecule has 2 aliphatic rings. The van der Waals surface area contributed by atoms with Crippen LogP contribution in [0.2, 0.25) is 0 Å². The van der Waals surface area contributed by atoms with Gasteiger partial charge < -0.3 is 64.2 Å². The number of hydrogen-bond donors (Lipinski definition) is 7. The van der Waals surface area contributed by atoms with Crippen LogP contribution in [-0.2, 0) is 38.0 Å². The van der Waals surface area contributed by atoms with Crippen molar-refractivity contribution in [3.8, 4) is 0 Å². The van der Waals surface area contributed by atoms with Crippen LogP contribution in [0.5, 0.6) is 0 Å². The summed E-state index contributed by atoms with van der Waals surface area (Å²) in [6.45, 7) is 1.56. The van der Waals surface area contributed by atoms with E-state index in [-0.39, 0.29) is 19.6 Å². The fraction of sp³-hybridized carbons (Fsp3) is 0.955. The predicted octanol–water partition coefficient (Wildman–Crippen LogP) is 4.87. The Balaban J connectivity index is 1.55. The zero-order chi connectivity index (χ0) is 43.3. The molecule has 0 spiro atoms. The van der Waals surface area contributed by atoms with Gasteiger partial charge in [-0.1, -0.05) is 155 Å². The third-order valence-corrected chi connectivity index (χ3v) is 11.4. The van der Waals surface area contributed by atoms with Gasteiger partial charge in [0, 0.05) is 13.3 Å². The Hall–Kier alpha value is -1.50. The van der Waals surface area contributed by atoms with Gasteiger partial charge in [-0.25, -0.2) is 0 Å². The lowest BCUT2D eigenvalue weighted by atomic mass is 9.98. The fourth-order valence-electron chi connectivity index (χ4n) is 7.59. The number of aliphatic hydroxyl groups is 7. The second kappa shape index (κ2) is 33.1. The average Bonchev–Trinajstić information content (AvgIpc) is 3.22. The molecule has 0 saturated carbocycles. The highest BCUT2D eigenvalue weighted by Crippen LogP contribution is 2.26. The SMILES string of the molecule is CCCCCCCCCCCCCCCCCCCCCCCCCCC(=O)OC(COC(C)=O)COC1OC(COC2OC(CO)C(O)C(O)C2O)C(O)C(O)C1O. The van der Waals surface area contributed by atoms with E-state index in [1.807, 2.05) is 0 Å². The smallest absolute Gasteiger partial charge is 0.306 e. The lowest BCUT2D eigenvalue weighted by Crippen LogP contribution is -2.61.